The van der Waals surface area contributed by atoms with Gasteiger partial charge in [0.15, 0.2) is 0 Å². The minimum absolute atomic E-state index is 0.211. The Labute approximate surface area is 205 Å². The van der Waals surface area contributed by atoms with Crippen LogP contribution in [0.3, 0.4) is 0 Å². The van der Waals surface area contributed by atoms with Crippen LogP contribution in [0.2, 0.25) is 5.02 Å². The molecule has 34 heavy (non-hydrogen) atoms. The molecule has 1 aliphatic rings. The van der Waals surface area contributed by atoms with Crippen molar-refractivity contribution in [3.05, 3.63) is 72.1 Å². The number of fused-ring (bicyclic) bond motifs is 1. The standard InChI is InChI=1S/C28H27ClN4O/c1-34-25-5-2-21(3-6-25)22-14-23(18-31-17-22)27-19-33(28-7-4-24(29)15-26(27)28)13-12-32-10-8-20(16-30)9-11-32/h2-7,14-15,17-20H,8-13H2,1H3. The maximum Gasteiger partial charge on any atom is 0.118 e. The number of benzene rings is 2. The van der Waals surface area contributed by atoms with Gasteiger partial charge >= 0.3 is 0 Å². The summed E-state index contributed by atoms with van der Waals surface area (Å²) >= 11 is 6.40. The van der Waals surface area contributed by atoms with E-state index >= 15 is 0 Å². The van der Waals surface area contributed by atoms with E-state index in [0.29, 0.717) is 0 Å². The largest absolute Gasteiger partial charge is 0.497 e. The molecule has 5 nitrogen and oxygen atoms in total. The van der Waals surface area contributed by atoms with Gasteiger partial charge in [0.25, 0.3) is 0 Å². The smallest absolute Gasteiger partial charge is 0.118 e. The van der Waals surface area contributed by atoms with Crippen molar-refractivity contribution in [1.82, 2.24) is 14.5 Å². The molecule has 2 aromatic heterocycles. The van der Waals surface area contributed by atoms with Crippen LogP contribution in [-0.4, -0.2) is 41.2 Å². The van der Waals surface area contributed by atoms with Crippen LogP contribution in [0.25, 0.3) is 33.2 Å². The number of nitriles is 1. The predicted molar refractivity (Wildman–Crippen MR) is 137 cm³/mol. The van der Waals surface area contributed by atoms with Crippen molar-refractivity contribution in [2.75, 3.05) is 26.7 Å². The lowest BCUT2D eigenvalue weighted by Gasteiger charge is -2.29. The summed E-state index contributed by atoms with van der Waals surface area (Å²) < 4.78 is 7.61. The van der Waals surface area contributed by atoms with Gasteiger partial charge in [-0.2, -0.15) is 5.26 Å². The highest BCUT2D eigenvalue weighted by Gasteiger charge is 2.19. The molecule has 5 rings (SSSR count). The Morgan fingerprint density at radius 3 is 2.50 bits per heavy atom. The second-order valence-electron chi connectivity index (χ2n) is 8.83. The molecule has 1 aliphatic heterocycles. The predicted octanol–water partition coefficient (Wildman–Crippen LogP) is 6.27. The number of ether oxygens (including phenoxy) is 1. The van der Waals surface area contributed by atoms with Gasteiger partial charge < -0.3 is 14.2 Å². The molecular formula is C28H27ClN4O. The van der Waals surface area contributed by atoms with Gasteiger partial charge in [0.1, 0.15) is 5.75 Å². The summed E-state index contributed by atoms with van der Waals surface area (Å²) in [5.41, 5.74) is 5.51. The molecule has 0 spiro atoms. The quantitative estimate of drug-likeness (QED) is 0.333. The van der Waals surface area contributed by atoms with Crippen LogP contribution in [0, 0.1) is 17.2 Å². The van der Waals surface area contributed by atoms with E-state index in [4.69, 9.17) is 21.6 Å². The van der Waals surface area contributed by atoms with E-state index in [0.717, 1.165) is 77.4 Å². The molecule has 0 unspecified atom stereocenters. The molecule has 3 heterocycles. The number of aromatic nitrogens is 2. The molecule has 1 saturated heterocycles. The Kier molecular flexibility index (Phi) is 6.53. The molecule has 6 heteroatoms. The minimum Gasteiger partial charge on any atom is -0.497 e. The van der Waals surface area contributed by atoms with E-state index in [-0.39, 0.29) is 5.92 Å². The number of hydrogen-bond acceptors (Lipinski definition) is 4. The van der Waals surface area contributed by atoms with E-state index in [1.165, 1.54) is 5.52 Å². The van der Waals surface area contributed by atoms with Gasteiger partial charge in [0, 0.05) is 70.2 Å². The molecule has 0 radical (unpaired) electrons. The first kappa shape index (κ1) is 22.5. The number of halogens is 1. The SMILES string of the molecule is COc1ccc(-c2cncc(-c3cn(CCN4CCC(C#N)CC4)c4ccc(Cl)cc34)c2)cc1. The molecule has 0 bridgehead atoms. The molecule has 1 fully saturated rings. The summed E-state index contributed by atoms with van der Waals surface area (Å²) in [5.74, 6) is 1.05. The highest BCUT2D eigenvalue weighted by Crippen LogP contribution is 2.34. The fraction of sp³-hybridized carbons (Fsp3) is 0.286. The Morgan fingerprint density at radius 1 is 1.00 bits per heavy atom. The third-order valence-corrected chi connectivity index (χ3v) is 6.98. The van der Waals surface area contributed by atoms with Crippen LogP contribution in [-0.2, 0) is 6.54 Å². The first-order chi connectivity index (χ1) is 16.6. The molecule has 0 atom stereocenters. The third kappa shape index (κ3) is 4.65. The lowest BCUT2D eigenvalue weighted by Crippen LogP contribution is -2.35. The lowest BCUT2D eigenvalue weighted by molar-refractivity contribution is 0.200. The Balaban J connectivity index is 1.44. The van der Waals surface area contributed by atoms with Gasteiger partial charge in [-0.05, 0) is 67.9 Å². The van der Waals surface area contributed by atoms with E-state index in [1.54, 1.807) is 7.11 Å². The van der Waals surface area contributed by atoms with Crippen molar-refractivity contribution in [2.45, 2.75) is 19.4 Å². The van der Waals surface area contributed by atoms with Crippen molar-refractivity contribution in [3.63, 3.8) is 0 Å². The van der Waals surface area contributed by atoms with Gasteiger partial charge in [-0.3, -0.25) is 4.98 Å². The Hall–Kier alpha value is -3.33. The monoisotopic (exact) mass is 470 g/mol. The molecule has 4 aromatic rings. The third-order valence-electron chi connectivity index (χ3n) is 6.74. The second-order valence-corrected chi connectivity index (χ2v) is 9.27. The van der Waals surface area contributed by atoms with Gasteiger partial charge in [-0.15, -0.1) is 0 Å². The summed E-state index contributed by atoms with van der Waals surface area (Å²) in [5, 5.41) is 11.0. The Bertz CT molecular complexity index is 1330. The number of nitrogens with zero attached hydrogens (tertiary/aromatic N) is 4. The minimum atomic E-state index is 0.211. The van der Waals surface area contributed by atoms with Gasteiger partial charge in [0.05, 0.1) is 13.2 Å². The summed E-state index contributed by atoms with van der Waals surface area (Å²) in [6, 6.07) is 18.7. The maximum absolute atomic E-state index is 9.16. The van der Waals surface area contributed by atoms with Crippen LogP contribution in [0.4, 0.5) is 0 Å². The van der Waals surface area contributed by atoms with Crippen molar-refractivity contribution >= 4 is 22.5 Å². The van der Waals surface area contributed by atoms with Crippen LogP contribution >= 0.6 is 11.6 Å². The topological polar surface area (TPSA) is 54.1 Å². The summed E-state index contributed by atoms with van der Waals surface area (Å²) in [6.45, 7) is 3.84. The van der Waals surface area contributed by atoms with E-state index in [2.05, 4.69) is 51.0 Å². The number of methoxy groups -OCH3 is 1. The molecule has 2 aromatic carbocycles. The van der Waals surface area contributed by atoms with Gasteiger partial charge in [-0.1, -0.05) is 23.7 Å². The lowest BCUT2D eigenvalue weighted by atomic mass is 9.99. The highest BCUT2D eigenvalue weighted by atomic mass is 35.5. The Morgan fingerprint density at radius 2 is 1.76 bits per heavy atom. The summed E-state index contributed by atoms with van der Waals surface area (Å²) in [7, 11) is 1.67. The maximum atomic E-state index is 9.16. The van der Waals surface area contributed by atoms with Crippen LogP contribution in [0.1, 0.15) is 12.8 Å². The number of piperidine rings is 1. The molecule has 0 amide bonds. The van der Waals surface area contributed by atoms with E-state index < -0.39 is 0 Å². The number of hydrogen-bond donors (Lipinski definition) is 0. The zero-order valence-corrected chi connectivity index (χ0v) is 20.0. The number of rotatable bonds is 6. The number of pyridine rings is 1. The molecule has 172 valence electrons. The normalized spacial score (nSPS) is 14.9. The van der Waals surface area contributed by atoms with E-state index in [9.17, 15) is 0 Å². The first-order valence-corrected chi connectivity index (χ1v) is 12.0. The molecular weight excluding hydrogens is 444 g/mol. The van der Waals surface area contributed by atoms with Crippen molar-refractivity contribution in [2.24, 2.45) is 5.92 Å². The van der Waals surface area contributed by atoms with Crippen molar-refractivity contribution in [1.29, 1.82) is 5.26 Å². The summed E-state index contributed by atoms with van der Waals surface area (Å²) in [4.78, 5) is 7.00. The molecule has 0 aliphatic carbocycles. The first-order valence-electron chi connectivity index (χ1n) is 11.6. The fourth-order valence-corrected chi connectivity index (χ4v) is 4.92. The van der Waals surface area contributed by atoms with Crippen LogP contribution in [0.15, 0.2) is 67.1 Å². The number of likely N-dealkylation sites (tertiary alicyclic amines) is 1. The average molecular weight is 471 g/mol. The zero-order valence-electron chi connectivity index (χ0n) is 19.2. The zero-order chi connectivity index (χ0) is 23.5. The second kappa shape index (κ2) is 9.89. The van der Waals surface area contributed by atoms with Gasteiger partial charge in [-0.25, -0.2) is 0 Å². The van der Waals surface area contributed by atoms with Crippen molar-refractivity contribution < 1.29 is 4.74 Å². The average Bonchev–Trinajstić information content (AvgIpc) is 3.25. The van der Waals surface area contributed by atoms with Crippen LogP contribution in [0.5, 0.6) is 5.75 Å². The highest BCUT2D eigenvalue weighted by molar-refractivity contribution is 6.31. The van der Waals surface area contributed by atoms with Gasteiger partial charge in [0.2, 0.25) is 0 Å². The molecule has 0 saturated carbocycles. The van der Waals surface area contributed by atoms with Crippen molar-refractivity contribution in [3.8, 4) is 34.1 Å². The summed E-state index contributed by atoms with van der Waals surface area (Å²) in [6.07, 6.45) is 7.96. The van der Waals surface area contributed by atoms with E-state index in [1.807, 2.05) is 36.7 Å². The fourth-order valence-electron chi connectivity index (χ4n) is 4.75. The van der Waals surface area contributed by atoms with Crippen LogP contribution < -0.4 is 4.74 Å². The molecule has 0 N–H and O–H groups in total.